The normalized spacial score (nSPS) is 10.6. The molecule has 0 heterocycles. The summed E-state index contributed by atoms with van der Waals surface area (Å²) in [5, 5.41) is 3.17. The highest BCUT2D eigenvalue weighted by atomic mass is 16.1. The van der Waals surface area contributed by atoms with Gasteiger partial charge in [-0.05, 0) is 31.4 Å². The molecule has 0 bridgehead atoms. The Bertz CT molecular complexity index is 499. The number of benzene rings is 1. The van der Waals surface area contributed by atoms with Crippen molar-refractivity contribution in [2.75, 3.05) is 6.54 Å². The van der Waals surface area contributed by atoms with E-state index in [9.17, 15) is 4.79 Å². The molecule has 0 unspecified atom stereocenters. The monoisotopic (exact) mass is 272 g/mol. The molecule has 0 aliphatic carbocycles. The van der Waals surface area contributed by atoms with Gasteiger partial charge in [-0.2, -0.15) is 0 Å². The van der Waals surface area contributed by atoms with Crippen molar-refractivity contribution >= 4 is 5.91 Å². The Morgan fingerprint density at radius 1 is 1.20 bits per heavy atom. The highest BCUT2D eigenvalue weighted by Crippen LogP contribution is 2.20. The smallest absolute Gasteiger partial charge is 0.252 e. The van der Waals surface area contributed by atoms with Gasteiger partial charge in [0.2, 0.25) is 0 Å². The van der Waals surface area contributed by atoms with Gasteiger partial charge in [0.25, 0.3) is 5.91 Å². The van der Waals surface area contributed by atoms with Crippen molar-refractivity contribution < 1.29 is 4.79 Å². The predicted molar refractivity (Wildman–Crippen MR) is 83.4 cm³/mol. The minimum Gasteiger partial charge on any atom is -0.347 e. The average molecular weight is 272 g/mol. The van der Waals surface area contributed by atoms with Crippen LogP contribution in [0.25, 0.3) is 0 Å². The molecule has 0 radical (unpaired) electrons. The topological polar surface area (TPSA) is 55.1 Å². The first kappa shape index (κ1) is 16.3. The van der Waals surface area contributed by atoms with Crippen LogP contribution in [-0.2, 0) is 0 Å². The van der Waals surface area contributed by atoms with Crippen LogP contribution in [0.3, 0.4) is 0 Å². The van der Waals surface area contributed by atoms with Gasteiger partial charge in [0.1, 0.15) is 0 Å². The molecular formula is C17H24N2O. The lowest BCUT2D eigenvalue weighted by Gasteiger charge is -2.32. The van der Waals surface area contributed by atoms with E-state index in [1.807, 2.05) is 24.3 Å². The van der Waals surface area contributed by atoms with Crippen LogP contribution in [0, 0.1) is 11.8 Å². The summed E-state index contributed by atoms with van der Waals surface area (Å²) in [4.78, 5) is 12.5. The third kappa shape index (κ3) is 3.85. The van der Waals surface area contributed by atoms with Gasteiger partial charge < -0.3 is 11.1 Å². The van der Waals surface area contributed by atoms with E-state index in [4.69, 9.17) is 5.73 Å². The zero-order valence-electron chi connectivity index (χ0n) is 12.6. The summed E-state index contributed by atoms with van der Waals surface area (Å²) in [5.41, 5.74) is 6.61. The van der Waals surface area contributed by atoms with Gasteiger partial charge >= 0.3 is 0 Å². The van der Waals surface area contributed by atoms with E-state index in [0.29, 0.717) is 12.1 Å². The first-order valence-electron chi connectivity index (χ1n) is 7.23. The molecule has 1 amide bonds. The largest absolute Gasteiger partial charge is 0.347 e. The molecule has 0 atom stereocenters. The van der Waals surface area contributed by atoms with Crippen LogP contribution < -0.4 is 11.1 Å². The molecule has 3 N–H and O–H groups in total. The van der Waals surface area contributed by atoms with Crippen molar-refractivity contribution in [1.82, 2.24) is 5.32 Å². The molecular weight excluding hydrogens is 248 g/mol. The van der Waals surface area contributed by atoms with Gasteiger partial charge in [-0.15, -0.1) is 0 Å². The Morgan fingerprint density at radius 2 is 1.80 bits per heavy atom. The third-order valence-electron chi connectivity index (χ3n) is 3.91. The second-order valence-corrected chi connectivity index (χ2v) is 4.85. The summed E-state index contributed by atoms with van der Waals surface area (Å²) in [6, 6.07) is 7.39. The summed E-state index contributed by atoms with van der Waals surface area (Å²) >= 11 is 0. The van der Waals surface area contributed by atoms with E-state index in [1.165, 1.54) is 0 Å². The van der Waals surface area contributed by atoms with Crippen molar-refractivity contribution in [3.05, 3.63) is 35.4 Å². The van der Waals surface area contributed by atoms with Crippen LogP contribution in [0.1, 0.15) is 56.0 Å². The predicted octanol–water partition coefficient (Wildman–Crippen LogP) is 2.70. The highest BCUT2D eigenvalue weighted by molar-refractivity contribution is 5.97. The molecule has 3 heteroatoms. The Labute approximate surface area is 121 Å². The van der Waals surface area contributed by atoms with E-state index in [-0.39, 0.29) is 11.4 Å². The molecule has 108 valence electrons. The second-order valence-electron chi connectivity index (χ2n) is 4.85. The van der Waals surface area contributed by atoms with Gasteiger partial charge in [0.15, 0.2) is 0 Å². The molecule has 0 aliphatic rings. The van der Waals surface area contributed by atoms with Crippen LogP contribution in [0.4, 0.5) is 0 Å². The average Bonchev–Trinajstić information content (AvgIpc) is 2.51. The Morgan fingerprint density at radius 3 is 2.35 bits per heavy atom. The van der Waals surface area contributed by atoms with Crippen LogP contribution in [-0.4, -0.2) is 18.0 Å². The minimum absolute atomic E-state index is 0.0579. The molecule has 0 fully saturated rings. The molecule has 1 aromatic rings. The van der Waals surface area contributed by atoms with Crippen LogP contribution in [0.15, 0.2) is 24.3 Å². The van der Waals surface area contributed by atoms with Gasteiger partial charge in [-0.25, -0.2) is 0 Å². The molecule has 0 aliphatic heterocycles. The number of amides is 1. The van der Waals surface area contributed by atoms with E-state index in [1.54, 1.807) is 0 Å². The molecule has 0 saturated heterocycles. The Kier molecular flexibility index (Phi) is 6.27. The molecule has 0 spiro atoms. The molecule has 1 rings (SSSR count). The van der Waals surface area contributed by atoms with Crippen LogP contribution in [0.5, 0.6) is 0 Å². The number of hydrogen-bond acceptors (Lipinski definition) is 2. The fourth-order valence-electron chi connectivity index (χ4n) is 2.26. The quantitative estimate of drug-likeness (QED) is 0.810. The van der Waals surface area contributed by atoms with E-state index in [2.05, 4.69) is 37.9 Å². The van der Waals surface area contributed by atoms with Gasteiger partial charge in [0, 0.05) is 11.1 Å². The van der Waals surface area contributed by atoms with E-state index >= 15 is 0 Å². The van der Waals surface area contributed by atoms with E-state index in [0.717, 1.165) is 24.8 Å². The third-order valence-corrected chi connectivity index (χ3v) is 3.91. The van der Waals surface area contributed by atoms with Crippen molar-refractivity contribution in [3.63, 3.8) is 0 Å². The first-order valence-corrected chi connectivity index (χ1v) is 7.23. The summed E-state index contributed by atoms with van der Waals surface area (Å²) < 4.78 is 0. The Balaban J connectivity index is 3.03. The lowest BCUT2D eigenvalue weighted by atomic mass is 9.89. The maximum atomic E-state index is 12.5. The summed E-state index contributed by atoms with van der Waals surface area (Å²) in [5.74, 6) is 5.70. The number of carbonyl (C=O) groups is 1. The SMILES string of the molecule is CCC(CC)(CC)NC(=O)c1ccccc1C#CCN. The minimum atomic E-state index is -0.133. The Hall–Kier alpha value is -1.79. The number of rotatable bonds is 5. The second kappa shape index (κ2) is 7.72. The van der Waals surface area contributed by atoms with Gasteiger partial charge in [0.05, 0.1) is 12.1 Å². The fraction of sp³-hybridized carbons (Fsp3) is 0.471. The lowest BCUT2D eigenvalue weighted by molar-refractivity contribution is 0.0888. The number of nitrogens with two attached hydrogens (primary N) is 1. The van der Waals surface area contributed by atoms with E-state index < -0.39 is 0 Å². The maximum absolute atomic E-state index is 12.5. The molecule has 0 saturated carbocycles. The first-order chi connectivity index (χ1) is 9.62. The molecule has 0 aromatic heterocycles. The molecule has 20 heavy (non-hydrogen) atoms. The van der Waals surface area contributed by atoms with Gasteiger partial charge in [-0.1, -0.05) is 44.7 Å². The number of nitrogens with one attached hydrogen (secondary N) is 1. The van der Waals surface area contributed by atoms with Crippen molar-refractivity contribution in [2.24, 2.45) is 5.73 Å². The zero-order chi connectivity index (χ0) is 15.0. The number of hydrogen-bond donors (Lipinski definition) is 2. The van der Waals surface area contributed by atoms with Gasteiger partial charge in [-0.3, -0.25) is 4.79 Å². The molecule has 3 nitrogen and oxygen atoms in total. The zero-order valence-corrected chi connectivity index (χ0v) is 12.6. The van der Waals surface area contributed by atoms with Crippen molar-refractivity contribution in [1.29, 1.82) is 0 Å². The summed E-state index contributed by atoms with van der Waals surface area (Å²) in [6.45, 7) is 6.60. The van der Waals surface area contributed by atoms with Crippen molar-refractivity contribution in [2.45, 2.75) is 45.6 Å². The standard InChI is InChI=1S/C17H24N2O/c1-4-17(5-2,6-3)19-16(20)15-12-8-7-10-14(15)11-9-13-18/h7-8,10,12H,4-6,13,18H2,1-3H3,(H,19,20). The summed E-state index contributed by atoms with van der Waals surface area (Å²) in [7, 11) is 0. The maximum Gasteiger partial charge on any atom is 0.252 e. The molecule has 1 aromatic carbocycles. The van der Waals surface area contributed by atoms with Crippen molar-refractivity contribution in [3.8, 4) is 11.8 Å². The fourth-order valence-corrected chi connectivity index (χ4v) is 2.26. The highest BCUT2D eigenvalue weighted by Gasteiger charge is 2.26. The van der Waals surface area contributed by atoms with Crippen LogP contribution >= 0.6 is 0 Å². The lowest BCUT2D eigenvalue weighted by Crippen LogP contribution is -2.47. The summed E-state index contributed by atoms with van der Waals surface area (Å²) in [6.07, 6.45) is 2.76. The number of carbonyl (C=O) groups excluding carboxylic acids is 1. The van der Waals surface area contributed by atoms with Crippen LogP contribution in [0.2, 0.25) is 0 Å².